The van der Waals surface area contributed by atoms with Crippen LogP contribution in [-0.2, 0) is 6.54 Å². The Morgan fingerprint density at radius 2 is 1.97 bits per heavy atom. The minimum atomic E-state index is 0. The number of hydrogen-bond donors (Lipinski definition) is 1. The molecular formula is C24H38IN5O2. The molecule has 0 atom stereocenters. The van der Waals surface area contributed by atoms with Gasteiger partial charge in [0.2, 0.25) is 5.89 Å². The molecule has 1 fully saturated rings. The van der Waals surface area contributed by atoms with E-state index in [0.29, 0.717) is 12.5 Å². The fourth-order valence-electron chi connectivity index (χ4n) is 3.73. The monoisotopic (exact) mass is 555 g/mol. The minimum absolute atomic E-state index is 0. The van der Waals surface area contributed by atoms with Gasteiger partial charge in [-0.3, -0.25) is 9.89 Å². The number of oxazole rings is 1. The number of aliphatic imine (C=N–C) groups is 1. The first-order chi connectivity index (χ1) is 15.0. The first-order valence-electron chi connectivity index (χ1n) is 11.4. The SMILES string of the molecule is CCNC(=NCC1CCN(Cc2nc(C)c(C)o2)CC1)N(C)CCOc1ccccc1.I. The van der Waals surface area contributed by atoms with E-state index in [1.807, 2.05) is 44.2 Å². The van der Waals surface area contributed by atoms with Crippen molar-refractivity contribution in [2.45, 2.75) is 40.2 Å². The summed E-state index contributed by atoms with van der Waals surface area (Å²) < 4.78 is 11.6. The highest BCUT2D eigenvalue weighted by atomic mass is 127. The van der Waals surface area contributed by atoms with Crippen molar-refractivity contribution in [1.82, 2.24) is 20.1 Å². The van der Waals surface area contributed by atoms with E-state index in [1.165, 1.54) is 0 Å². The van der Waals surface area contributed by atoms with Gasteiger partial charge in [0.25, 0.3) is 0 Å². The minimum Gasteiger partial charge on any atom is -0.492 e. The van der Waals surface area contributed by atoms with Gasteiger partial charge in [-0.2, -0.15) is 0 Å². The molecule has 1 aromatic heterocycles. The summed E-state index contributed by atoms with van der Waals surface area (Å²) in [7, 11) is 2.07. The molecular weight excluding hydrogens is 517 g/mol. The molecule has 0 spiro atoms. The molecule has 0 saturated carbocycles. The Hall–Kier alpha value is -1.81. The summed E-state index contributed by atoms with van der Waals surface area (Å²) in [6.07, 6.45) is 2.31. The highest BCUT2D eigenvalue weighted by Crippen LogP contribution is 2.20. The molecule has 2 aromatic rings. The van der Waals surface area contributed by atoms with E-state index in [2.05, 4.69) is 34.1 Å². The predicted molar refractivity (Wildman–Crippen MR) is 140 cm³/mol. The zero-order chi connectivity index (χ0) is 22.1. The maximum Gasteiger partial charge on any atom is 0.208 e. The Labute approximate surface area is 209 Å². The van der Waals surface area contributed by atoms with Crippen LogP contribution in [0.1, 0.15) is 37.1 Å². The average molecular weight is 556 g/mol. The van der Waals surface area contributed by atoms with E-state index in [9.17, 15) is 0 Å². The molecule has 7 nitrogen and oxygen atoms in total. The number of piperidine rings is 1. The summed E-state index contributed by atoms with van der Waals surface area (Å²) in [5.74, 6) is 4.23. The molecule has 1 N–H and O–H groups in total. The molecule has 1 aliphatic rings. The van der Waals surface area contributed by atoms with Crippen LogP contribution < -0.4 is 10.1 Å². The van der Waals surface area contributed by atoms with E-state index in [1.54, 1.807) is 0 Å². The summed E-state index contributed by atoms with van der Waals surface area (Å²) in [5.41, 5.74) is 0.994. The van der Waals surface area contributed by atoms with Gasteiger partial charge in [0.05, 0.1) is 18.8 Å². The third-order valence-electron chi connectivity index (χ3n) is 5.77. The second-order valence-corrected chi connectivity index (χ2v) is 8.25. The Bertz CT molecular complexity index is 800. The lowest BCUT2D eigenvalue weighted by Crippen LogP contribution is -2.41. The number of likely N-dealkylation sites (N-methyl/N-ethyl adjacent to an activating group) is 1. The van der Waals surface area contributed by atoms with Gasteiger partial charge in [0.15, 0.2) is 5.96 Å². The maximum absolute atomic E-state index is 5.83. The Balaban J connectivity index is 0.00000363. The third kappa shape index (κ3) is 8.27. The lowest BCUT2D eigenvalue weighted by molar-refractivity contribution is 0.166. The van der Waals surface area contributed by atoms with Crippen LogP contribution in [0.2, 0.25) is 0 Å². The first-order valence-corrected chi connectivity index (χ1v) is 11.4. The number of aryl methyl sites for hydroxylation is 2. The molecule has 0 amide bonds. The Kier molecular flexibility index (Phi) is 11.3. The molecule has 2 heterocycles. The second-order valence-electron chi connectivity index (χ2n) is 8.25. The molecule has 1 aliphatic heterocycles. The number of halogens is 1. The summed E-state index contributed by atoms with van der Waals surface area (Å²) in [4.78, 5) is 14.0. The lowest BCUT2D eigenvalue weighted by Gasteiger charge is -2.30. The molecule has 0 bridgehead atoms. The maximum atomic E-state index is 5.83. The molecule has 3 rings (SSSR count). The second kappa shape index (κ2) is 13.7. The highest BCUT2D eigenvalue weighted by molar-refractivity contribution is 14.0. The number of aromatic nitrogens is 1. The van der Waals surface area contributed by atoms with Crippen molar-refractivity contribution in [2.24, 2.45) is 10.9 Å². The first kappa shape index (κ1) is 26.4. The molecule has 8 heteroatoms. The van der Waals surface area contributed by atoms with Gasteiger partial charge in [-0.1, -0.05) is 18.2 Å². The normalized spacial score (nSPS) is 15.3. The molecule has 0 unspecified atom stereocenters. The van der Waals surface area contributed by atoms with Crippen LogP contribution >= 0.6 is 24.0 Å². The largest absolute Gasteiger partial charge is 0.492 e. The fourth-order valence-corrected chi connectivity index (χ4v) is 3.73. The van der Waals surface area contributed by atoms with Crippen LogP contribution in [-0.4, -0.2) is 67.1 Å². The van der Waals surface area contributed by atoms with Gasteiger partial charge in [-0.25, -0.2) is 4.98 Å². The van der Waals surface area contributed by atoms with Crippen molar-refractivity contribution < 1.29 is 9.15 Å². The molecule has 1 aromatic carbocycles. The van der Waals surface area contributed by atoms with Crippen LogP contribution in [0.4, 0.5) is 0 Å². The fraction of sp³-hybridized carbons (Fsp3) is 0.583. The van der Waals surface area contributed by atoms with Gasteiger partial charge in [0.1, 0.15) is 18.1 Å². The lowest BCUT2D eigenvalue weighted by atomic mass is 9.97. The number of hydrogen-bond acceptors (Lipinski definition) is 5. The molecule has 0 aliphatic carbocycles. The van der Waals surface area contributed by atoms with Gasteiger partial charge in [-0.15, -0.1) is 24.0 Å². The number of nitrogens with zero attached hydrogens (tertiary/aromatic N) is 4. The number of benzene rings is 1. The van der Waals surface area contributed by atoms with Crippen molar-refractivity contribution in [3.63, 3.8) is 0 Å². The summed E-state index contributed by atoms with van der Waals surface area (Å²) in [6.45, 7) is 12.1. The van der Waals surface area contributed by atoms with Gasteiger partial charge in [-0.05, 0) is 64.8 Å². The van der Waals surface area contributed by atoms with Crippen molar-refractivity contribution >= 4 is 29.9 Å². The summed E-state index contributed by atoms with van der Waals surface area (Å²) in [6, 6.07) is 9.94. The van der Waals surface area contributed by atoms with E-state index < -0.39 is 0 Å². The average Bonchev–Trinajstić information content (AvgIpc) is 3.09. The van der Waals surface area contributed by atoms with Crippen molar-refractivity contribution in [2.75, 3.05) is 46.4 Å². The zero-order valence-corrected chi connectivity index (χ0v) is 22.2. The van der Waals surface area contributed by atoms with Crippen molar-refractivity contribution in [3.05, 3.63) is 47.7 Å². The Morgan fingerprint density at radius 3 is 2.59 bits per heavy atom. The summed E-state index contributed by atoms with van der Waals surface area (Å²) in [5, 5.41) is 3.41. The molecule has 32 heavy (non-hydrogen) atoms. The van der Waals surface area contributed by atoms with Crippen LogP contribution in [0.3, 0.4) is 0 Å². The number of likely N-dealkylation sites (tertiary alicyclic amines) is 1. The van der Waals surface area contributed by atoms with E-state index in [0.717, 1.165) is 81.2 Å². The van der Waals surface area contributed by atoms with Crippen molar-refractivity contribution in [1.29, 1.82) is 0 Å². The van der Waals surface area contributed by atoms with Gasteiger partial charge >= 0.3 is 0 Å². The van der Waals surface area contributed by atoms with Gasteiger partial charge in [0, 0.05) is 20.1 Å². The quantitative estimate of drug-likeness (QED) is 0.286. The molecule has 0 radical (unpaired) electrons. The number of guanidine groups is 1. The number of ether oxygens (including phenoxy) is 1. The van der Waals surface area contributed by atoms with Crippen LogP contribution in [0, 0.1) is 19.8 Å². The van der Waals surface area contributed by atoms with Crippen LogP contribution in [0.5, 0.6) is 5.75 Å². The topological polar surface area (TPSA) is 66.1 Å². The van der Waals surface area contributed by atoms with Crippen LogP contribution in [0.25, 0.3) is 0 Å². The zero-order valence-electron chi connectivity index (χ0n) is 19.8. The van der Waals surface area contributed by atoms with Crippen LogP contribution in [0.15, 0.2) is 39.7 Å². The van der Waals surface area contributed by atoms with Gasteiger partial charge < -0.3 is 19.4 Å². The smallest absolute Gasteiger partial charge is 0.208 e. The number of rotatable bonds is 9. The standard InChI is InChI=1S/C24H37N5O2.HI/c1-5-25-24(28(4)15-16-30-22-9-7-6-8-10-22)26-17-21-11-13-29(14-12-21)18-23-27-19(2)20(3)31-23;/h6-10,21H,5,11-18H2,1-4H3,(H,25,26);1H. The molecule has 1 saturated heterocycles. The predicted octanol–water partition coefficient (Wildman–Crippen LogP) is 4.10. The van der Waals surface area contributed by atoms with Crippen molar-refractivity contribution in [3.8, 4) is 5.75 Å². The van der Waals surface area contributed by atoms with E-state index >= 15 is 0 Å². The van der Waals surface area contributed by atoms with E-state index in [4.69, 9.17) is 14.1 Å². The van der Waals surface area contributed by atoms with E-state index in [-0.39, 0.29) is 24.0 Å². The molecule has 178 valence electrons. The number of para-hydroxylation sites is 1. The third-order valence-corrected chi connectivity index (χ3v) is 5.77. The summed E-state index contributed by atoms with van der Waals surface area (Å²) >= 11 is 0. The number of nitrogens with one attached hydrogen (secondary N) is 1. The Morgan fingerprint density at radius 1 is 1.25 bits per heavy atom. The highest BCUT2D eigenvalue weighted by Gasteiger charge is 2.21.